The van der Waals surface area contributed by atoms with Crippen LogP contribution in [-0.2, 0) is 26.9 Å². The van der Waals surface area contributed by atoms with Gasteiger partial charge in [0.05, 0.1) is 68.2 Å². The van der Waals surface area contributed by atoms with Gasteiger partial charge in [-0.1, -0.05) is 12.1 Å². The first-order valence-corrected chi connectivity index (χ1v) is 23.5. The van der Waals surface area contributed by atoms with E-state index in [1.807, 2.05) is 9.80 Å². The number of methoxy groups -OCH3 is 2. The average Bonchev–Trinajstić information content (AvgIpc) is 4.18. The Bertz CT molecular complexity index is 3280. The van der Waals surface area contributed by atoms with Crippen molar-refractivity contribution in [2.24, 2.45) is 25.6 Å². The summed E-state index contributed by atoms with van der Waals surface area (Å²) in [6.45, 7) is 0.597. The molecule has 2 aliphatic rings. The van der Waals surface area contributed by atoms with Crippen molar-refractivity contribution in [2.45, 2.75) is 49.9 Å². The Kier molecular flexibility index (Phi) is 14.7. The predicted molar refractivity (Wildman–Crippen MR) is 267 cm³/mol. The zero-order chi connectivity index (χ0) is 52.5. The van der Waals surface area contributed by atoms with E-state index in [0.717, 1.165) is 0 Å². The summed E-state index contributed by atoms with van der Waals surface area (Å²) in [6, 6.07) is 13.2. The van der Waals surface area contributed by atoms with Gasteiger partial charge in [-0.3, -0.25) is 19.0 Å². The number of Topliss-reactive ketones (excluding diaryl/α,β-unsaturated/α-hetero) is 2. The van der Waals surface area contributed by atoms with Crippen molar-refractivity contribution in [1.82, 2.24) is 39.5 Å². The molecule has 8 aromatic rings. The number of nitrogens with zero attached hydrogens (tertiary/aromatic N) is 10. The minimum atomic E-state index is -0.587. The van der Waals surface area contributed by atoms with E-state index in [9.17, 15) is 28.6 Å². The van der Waals surface area contributed by atoms with Crippen LogP contribution in [0.4, 0.5) is 28.9 Å². The number of aryl methyl sites for hydroxylation is 2. The minimum absolute atomic E-state index is 0.000719. The molecular weight excluding hydrogens is 965 g/mol. The second-order valence-electron chi connectivity index (χ2n) is 18.2. The molecule has 74 heavy (non-hydrogen) atoms. The Morgan fingerprint density at radius 1 is 0.689 bits per heavy atom. The van der Waals surface area contributed by atoms with Crippen molar-refractivity contribution in [1.29, 1.82) is 0 Å². The molecule has 4 atom stereocenters. The monoisotopic (exact) mass is 1020 g/mol. The summed E-state index contributed by atoms with van der Waals surface area (Å²) in [6.07, 6.45) is 6.72. The number of fused-ring (bicyclic) bond motifs is 2. The van der Waals surface area contributed by atoms with Gasteiger partial charge in [0.1, 0.15) is 51.4 Å². The zero-order valence-corrected chi connectivity index (χ0v) is 40.7. The zero-order valence-electron chi connectivity index (χ0n) is 40.7. The lowest BCUT2D eigenvalue weighted by molar-refractivity contribution is 0.0980. The standard InChI is InChI=1S/2C26H26F2N6O3/c1-33-25-17(11-31-33)24(34-12-15(29)10-16(34)13-35)14(8-19(25)28)9-21(36)20-6-7-30-26(32-20)23-18(27)4-3-5-22(23)37-2;1-33-12-17-24(32-33)19(28)8-14(25(17)34-11-15(29)10-16(34)13-35)9-21(36)20-6-7-30-26(31-20)23-18(27)4-3-5-22(23)37-2/h3-8,11,15-16,35H,9-10,12-13,29H2,1-2H3;3-8,12,15-16,35H,9-11,13,29H2,1-2H3/t2*15-,16-/m00/s1. The first kappa shape index (κ1) is 51.0. The van der Waals surface area contributed by atoms with Gasteiger partial charge in [-0.05, 0) is 72.5 Å². The summed E-state index contributed by atoms with van der Waals surface area (Å²) in [5, 5.41) is 29.5. The van der Waals surface area contributed by atoms with Gasteiger partial charge in [0.15, 0.2) is 29.0 Å². The number of ketones is 2. The number of hydrogen-bond donors (Lipinski definition) is 4. The number of aromatic nitrogens is 8. The van der Waals surface area contributed by atoms with Crippen LogP contribution in [0, 0.1) is 23.3 Å². The van der Waals surface area contributed by atoms with Gasteiger partial charge in [-0.25, -0.2) is 37.5 Å². The van der Waals surface area contributed by atoms with Crippen LogP contribution in [0.2, 0.25) is 0 Å². The van der Waals surface area contributed by atoms with E-state index in [-0.39, 0.29) is 101 Å². The Morgan fingerprint density at radius 2 is 1.18 bits per heavy atom. The van der Waals surface area contributed by atoms with Crippen molar-refractivity contribution in [3.63, 3.8) is 0 Å². The number of carbonyl (C=O) groups excluding carboxylic acids is 2. The minimum Gasteiger partial charge on any atom is -0.496 e. The van der Waals surface area contributed by atoms with Gasteiger partial charge in [-0.2, -0.15) is 10.2 Å². The Balaban J connectivity index is 0.000000182. The SMILES string of the molecule is COc1cccc(F)c1-c1nccc(C(=O)Cc2cc(F)c3c(cnn3C)c2N2C[C@@H](N)C[C@H]2CO)n1.COc1cccc(F)c1-c1nccc(C(=O)Cc2cc(F)c3nn(C)cc3c2N2C[C@@H](N)C[C@H]2CO)n1. The highest BCUT2D eigenvalue weighted by Gasteiger charge is 2.35. The van der Waals surface area contributed by atoms with Crippen molar-refractivity contribution < 1.29 is 46.8 Å². The van der Waals surface area contributed by atoms with Crippen LogP contribution in [0.5, 0.6) is 11.5 Å². The second kappa shape index (κ2) is 21.3. The molecule has 0 bridgehead atoms. The third kappa shape index (κ3) is 9.83. The summed E-state index contributed by atoms with van der Waals surface area (Å²) in [4.78, 5) is 47.6. The summed E-state index contributed by atoms with van der Waals surface area (Å²) in [7, 11) is 6.13. The van der Waals surface area contributed by atoms with Crippen LogP contribution in [-0.4, -0.2) is 126 Å². The fourth-order valence-electron chi connectivity index (χ4n) is 9.98. The number of rotatable bonds is 14. The fourth-order valence-corrected chi connectivity index (χ4v) is 9.98. The Morgan fingerprint density at radius 3 is 1.66 bits per heavy atom. The van der Waals surface area contributed by atoms with Crippen molar-refractivity contribution in [3.8, 4) is 34.3 Å². The predicted octanol–water partition coefficient (Wildman–Crippen LogP) is 5.28. The van der Waals surface area contributed by atoms with Crippen LogP contribution in [0.1, 0.15) is 44.9 Å². The molecule has 4 aromatic carbocycles. The van der Waals surface area contributed by atoms with Crippen LogP contribution in [0.15, 0.2) is 85.5 Å². The van der Waals surface area contributed by atoms with Gasteiger partial charge in [0.2, 0.25) is 0 Å². The second-order valence-corrected chi connectivity index (χ2v) is 18.2. The molecule has 0 saturated carbocycles. The van der Waals surface area contributed by atoms with Gasteiger partial charge >= 0.3 is 0 Å². The fraction of sp³-hybridized carbons (Fsp3) is 0.308. The van der Waals surface area contributed by atoms with Crippen LogP contribution < -0.4 is 30.7 Å². The van der Waals surface area contributed by atoms with E-state index in [4.69, 9.17) is 20.9 Å². The van der Waals surface area contributed by atoms with E-state index >= 15 is 8.78 Å². The molecule has 2 aliphatic heterocycles. The highest BCUT2D eigenvalue weighted by molar-refractivity contribution is 6.02. The molecule has 0 amide bonds. The number of aliphatic hydroxyl groups excluding tert-OH is 2. The van der Waals surface area contributed by atoms with Gasteiger partial charge < -0.3 is 41.0 Å². The van der Waals surface area contributed by atoms with E-state index in [1.54, 1.807) is 38.6 Å². The van der Waals surface area contributed by atoms with Crippen LogP contribution >= 0.6 is 0 Å². The first-order valence-electron chi connectivity index (χ1n) is 23.5. The van der Waals surface area contributed by atoms with Gasteiger partial charge in [0, 0.05) is 81.5 Å². The third-order valence-corrected chi connectivity index (χ3v) is 13.3. The number of benzene rings is 4. The average molecular weight is 1020 g/mol. The molecule has 0 spiro atoms. The van der Waals surface area contributed by atoms with Gasteiger partial charge in [0.25, 0.3) is 0 Å². The summed E-state index contributed by atoms with van der Waals surface area (Å²) >= 11 is 0. The number of ether oxygens (including phenoxy) is 2. The maximum Gasteiger partial charge on any atom is 0.185 e. The maximum atomic E-state index is 15.2. The molecule has 2 fully saturated rings. The Hall–Kier alpha value is -7.92. The van der Waals surface area contributed by atoms with Crippen molar-refractivity contribution >= 4 is 44.7 Å². The summed E-state index contributed by atoms with van der Waals surface area (Å²) in [5.41, 5.74) is 15.1. The molecule has 4 aromatic heterocycles. The molecule has 6 N–H and O–H groups in total. The molecule has 18 nitrogen and oxygen atoms in total. The molecule has 0 aliphatic carbocycles. The lowest BCUT2D eigenvalue weighted by Crippen LogP contribution is -2.34. The number of halogens is 4. The lowest BCUT2D eigenvalue weighted by atomic mass is 10.00. The number of nitrogens with two attached hydrogens (primary N) is 2. The molecular formula is C52H52F4N12O6. The van der Waals surface area contributed by atoms with E-state index in [0.29, 0.717) is 64.7 Å². The van der Waals surface area contributed by atoms with Crippen LogP contribution in [0.3, 0.4) is 0 Å². The normalized spacial score (nSPS) is 17.5. The first-order chi connectivity index (χ1) is 35.6. The van der Waals surface area contributed by atoms with Crippen molar-refractivity contribution in [3.05, 3.63) is 131 Å². The molecule has 10 rings (SSSR count). The van der Waals surface area contributed by atoms with Crippen LogP contribution in [0.25, 0.3) is 44.6 Å². The number of aliphatic hydroxyl groups is 2. The molecule has 22 heteroatoms. The van der Waals surface area contributed by atoms with Crippen molar-refractivity contribution in [2.75, 3.05) is 50.3 Å². The number of anilines is 2. The molecule has 0 radical (unpaired) electrons. The third-order valence-electron chi connectivity index (χ3n) is 13.3. The summed E-state index contributed by atoms with van der Waals surface area (Å²) < 4.78 is 72.9. The lowest BCUT2D eigenvalue weighted by Gasteiger charge is -2.28. The highest BCUT2D eigenvalue weighted by atomic mass is 19.1. The quantitative estimate of drug-likeness (QED) is 0.0801. The maximum absolute atomic E-state index is 15.2. The molecule has 0 unspecified atom stereocenters. The number of carbonyl (C=O) groups is 2. The number of hydrogen-bond acceptors (Lipinski definition) is 16. The largest absolute Gasteiger partial charge is 0.496 e. The van der Waals surface area contributed by atoms with E-state index in [1.165, 1.54) is 84.5 Å². The summed E-state index contributed by atoms with van der Waals surface area (Å²) in [5.74, 6) is -2.62. The van der Waals surface area contributed by atoms with Gasteiger partial charge in [-0.15, -0.1) is 0 Å². The smallest absolute Gasteiger partial charge is 0.185 e. The van der Waals surface area contributed by atoms with E-state index < -0.39 is 34.8 Å². The highest BCUT2D eigenvalue weighted by Crippen LogP contribution is 2.40. The Labute approximate surface area is 421 Å². The molecule has 6 heterocycles. The van der Waals surface area contributed by atoms with E-state index in [2.05, 4.69) is 30.1 Å². The molecule has 384 valence electrons. The topological polar surface area (TPSA) is 239 Å². The molecule has 2 saturated heterocycles.